The summed E-state index contributed by atoms with van der Waals surface area (Å²) < 4.78 is 0. The monoisotopic (exact) mass is 757 g/mol. The number of fused-ring (bicyclic) bond motifs is 12. The van der Waals surface area contributed by atoms with Crippen molar-refractivity contribution in [1.82, 2.24) is 0 Å². The Labute approximate surface area is 341 Å². The summed E-state index contributed by atoms with van der Waals surface area (Å²) in [5.74, 6) is 0. The highest BCUT2D eigenvalue weighted by atomic mass is 28.3. The van der Waals surface area contributed by atoms with Crippen LogP contribution >= 0.6 is 0 Å². The van der Waals surface area contributed by atoms with Gasteiger partial charge in [-0.25, -0.2) is 0 Å². The third-order valence-electron chi connectivity index (χ3n) is 14.1. The van der Waals surface area contributed by atoms with Gasteiger partial charge in [0.1, 0.15) is 8.07 Å². The molecule has 0 amide bonds. The minimum atomic E-state index is -2.27. The third-order valence-corrected chi connectivity index (χ3v) is 17.6. The molecule has 2 heteroatoms. The molecule has 3 aliphatic rings. The van der Waals surface area contributed by atoms with E-state index in [9.17, 15) is 0 Å². The molecule has 1 heterocycles. The molecule has 1 spiro atoms. The topological polar surface area (TPSA) is 3.24 Å². The van der Waals surface area contributed by atoms with Crippen LogP contribution in [0.25, 0.3) is 43.8 Å². The molecule has 0 saturated heterocycles. The van der Waals surface area contributed by atoms with E-state index >= 15 is 0 Å². The standard InChI is InChI=1S/C56H43NSi/c1-55(2)46-22-9-7-19-42(46)44-31-29-40(34-51(44)55)57(39-28-27-36-15-5-6-16-38(36)33-39)41-30-32-49-53(35-41)58(3,4)52-26-12-11-24-48(52)56(49)47-23-10-8-20-43(47)45-21-13-17-37-18-14-25-50(56)54(37)45/h5-35H,1-4H3. The first-order valence-corrected chi connectivity index (χ1v) is 23.7. The molecule has 1 atom stereocenters. The number of benzene rings is 9. The number of hydrogen-bond donors (Lipinski definition) is 0. The minimum absolute atomic E-state index is 0.108. The number of nitrogens with zero attached hydrogens (tertiary/aromatic N) is 1. The average Bonchev–Trinajstić information content (AvgIpc) is 3.49. The molecular weight excluding hydrogens is 715 g/mol. The van der Waals surface area contributed by atoms with Crippen molar-refractivity contribution in [3.63, 3.8) is 0 Å². The lowest BCUT2D eigenvalue weighted by Crippen LogP contribution is -2.63. The van der Waals surface area contributed by atoms with Crippen LogP contribution in [-0.2, 0) is 10.8 Å². The van der Waals surface area contributed by atoms with Gasteiger partial charge in [0.05, 0.1) is 5.41 Å². The molecule has 0 bridgehead atoms. The largest absolute Gasteiger partial charge is 0.310 e. The Balaban J connectivity index is 1.15. The van der Waals surface area contributed by atoms with Crippen LogP contribution < -0.4 is 15.3 Å². The van der Waals surface area contributed by atoms with Crippen LogP contribution in [0.1, 0.15) is 47.2 Å². The van der Waals surface area contributed by atoms with Gasteiger partial charge in [-0.1, -0.05) is 179 Å². The molecule has 9 aromatic rings. The van der Waals surface area contributed by atoms with Crippen LogP contribution in [0.15, 0.2) is 188 Å². The Kier molecular flexibility index (Phi) is 6.84. The van der Waals surface area contributed by atoms with E-state index in [2.05, 4.69) is 220 Å². The van der Waals surface area contributed by atoms with Crippen molar-refractivity contribution in [2.45, 2.75) is 37.8 Å². The molecule has 9 aromatic carbocycles. The summed E-state index contributed by atoms with van der Waals surface area (Å²) in [6.07, 6.45) is 0. The van der Waals surface area contributed by atoms with Gasteiger partial charge in [-0.2, -0.15) is 0 Å². The second-order valence-electron chi connectivity index (χ2n) is 17.7. The summed E-state index contributed by atoms with van der Waals surface area (Å²) in [6.45, 7) is 9.90. The second-order valence-corrected chi connectivity index (χ2v) is 22.0. The zero-order valence-electron chi connectivity index (χ0n) is 33.3. The number of hydrogen-bond acceptors (Lipinski definition) is 1. The van der Waals surface area contributed by atoms with Gasteiger partial charge in [-0.3, -0.25) is 0 Å². The maximum atomic E-state index is 2.59. The highest BCUT2D eigenvalue weighted by molar-refractivity contribution is 7.01. The lowest BCUT2D eigenvalue weighted by Gasteiger charge is -2.50. The molecule has 2 aliphatic carbocycles. The van der Waals surface area contributed by atoms with Gasteiger partial charge >= 0.3 is 0 Å². The molecule has 0 N–H and O–H groups in total. The SMILES string of the molecule is CC1(C)c2ccccc2-c2ccc(N(c3ccc4c(c3)[Si](C)(C)c3ccccc3C43c4ccccc4-c4cccc5cccc3c45)c3ccc4ccccc4c3)cc21. The maximum absolute atomic E-state index is 2.59. The Morgan fingerprint density at radius 1 is 0.362 bits per heavy atom. The van der Waals surface area contributed by atoms with E-state index in [1.54, 1.807) is 0 Å². The molecule has 0 fully saturated rings. The maximum Gasteiger partial charge on any atom is 0.113 e. The molecule has 1 aliphatic heterocycles. The summed E-state index contributed by atoms with van der Waals surface area (Å²) in [6, 6.07) is 71.8. The molecule has 1 unspecified atom stereocenters. The molecule has 0 radical (unpaired) electrons. The van der Waals surface area contributed by atoms with Crippen LogP contribution in [0.2, 0.25) is 13.1 Å². The van der Waals surface area contributed by atoms with Crippen LogP contribution in [0, 0.1) is 0 Å². The predicted molar refractivity (Wildman–Crippen MR) is 248 cm³/mol. The first kappa shape index (κ1) is 33.6. The van der Waals surface area contributed by atoms with Gasteiger partial charge in [0.25, 0.3) is 0 Å². The summed E-state index contributed by atoms with van der Waals surface area (Å²) in [5, 5.41) is 8.17. The van der Waals surface area contributed by atoms with Gasteiger partial charge in [0.15, 0.2) is 0 Å². The second kappa shape index (κ2) is 11.8. The van der Waals surface area contributed by atoms with E-state index in [-0.39, 0.29) is 5.41 Å². The van der Waals surface area contributed by atoms with Crippen molar-refractivity contribution < 1.29 is 0 Å². The van der Waals surface area contributed by atoms with Crippen molar-refractivity contribution >= 4 is 57.1 Å². The van der Waals surface area contributed by atoms with E-state index < -0.39 is 13.5 Å². The molecule has 58 heavy (non-hydrogen) atoms. The van der Waals surface area contributed by atoms with Gasteiger partial charge in [-0.15, -0.1) is 0 Å². The highest BCUT2D eigenvalue weighted by Gasteiger charge is 2.52. The van der Waals surface area contributed by atoms with Gasteiger partial charge in [0.2, 0.25) is 0 Å². The smallest absolute Gasteiger partial charge is 0.113 e. The van der Waals surface area contributed by atoms with Crippen molar-refractivity contribution in [2.75, 3.05) is 4.90 Å². The van der Waals surface area contributed by atoms with Crippen molar-refractivity contribution in [3.05, 3.63) is 221 Å². The van der Waals surface area contributed by atoms with E-state index in [4.69, 9.17) is 0 Å². The summed E-state index contributed by atoms with van der Waals surface area (Å²) >= 11 is 0. The Hall–Kier alpha value is -6.48. The summed E-state index contributed by atoms with van der Waals surface area (Å²) in [4.78, 5) is 2.52. The molecule has 12 rings (SSSR count). The zero-order valence-corrected chi connectivity index (χ0v) is 34.3. The quantitative estimate of drug-likeness (QED) is 0.162. The fraction of sp³-hybridized carbons (Fsp3) is 0.107. The van der Waals surface area contributed by atoms with Gasteiger partial charge < -0.3 is 4.90 Å². The summed E-state index contributed by atoms with van der Waals surface area (Å²) in [7, 11) is -2.27. The average molecular weight is 758 g/mol. The predicted octanol–water partition coefficient (Wildman–Crippen LogP) is 13.3. The molecule has 0 aromatic heterocycles. The highest BCUT2D eigenvalue weighted by Crippen LogP contribution is 2.57. The third kappa shape index (κ3) is 4.31. The van der Waals surface area contributed by atoms with Crippen LogP contribution in [0.4, 0.5) is 17.1 Å². The number of rotatable bonds is 3. The molecule has 1 nitrogen and oxygen atoms in total. The Morgan fingerprint density at radius 2 is 0.897 bits per heavy atom. The Morgan fingerprint density at radius 3 is 1.72 bits per heavy atom. The first-order chi connectivity index (χ1) is 28.3. The fourth-order valence-electron chi connectivity index (χ4n) is 11.4. The molecule has 276 valence electrons. The van der Waals surface area contributed by atoms with Crippen LogP contribution in [-0.4, -0.2) is 8.07 Å². The minimum Gasteiger partial charge on any atom is -0.310 e. The molecular formula is C56H43NSi. The van der Waals surface area contributed by atoms with E-state index in [1.165, 1.54) is 105 Å². The van der Waals surface area contributed by atoms with Crippen molar-refractivity contribution in [3.8, 4) is 22.3 Å². The first-order valence-electron chi connectivity index (χ1n) is 20.7. The van der Waals surface area contributed by atoms with Crippen LogP contribution in [0.5, 0.6) is 0 Å². The lowest BCUT2D eigenvalue weighted by molar-refractivity contribution is 0.660. The fourth-order valence-corrected chi connectivity index (χ4v) is 14.6. The van der Waals surface area contributed by atoms with E-state index in [1.807, 2.05) is 0 Å². The lowest BCUT2D eigenvalue weighted by atomic mass is 9.59. The van der Waals surface area contributed by atoms with Gasteiger partial charge in [0, 0.05) is 22.5 Å². The van der Waals surface area contributed by atoms with Crippen LogP contribution in [0.3, 0.4) is 0 Å². The zero-order chi connectivity index (χ0) is 39.0. The number of anilines is 3. The Bertz CT molecular complexity index is 3200. The van der Waals surface area contributed by atoms with Gasteiger partial charge in [-0.05, 0) is 124 Å². The van der Waals surface area contributed by atoms with Crippen molar-refractivity contribution in [2.24, 2.45) is 0 Å². The normalized spacial score (nSPS) is 17.3. The molecule has 0 saturated carbocycles. The summed E-state index contributed by atoms with van der Waals surface area (Å²) in [5.41, 5.74) is 16.7. The van der Waals surface area contributed by atoms with E-state index in [0.29, 0.717) is 0 Å². The van der Waals surface area contributed by atoms with Crippen molar-refractivity contribution in [1.29, 1.82) is 0 Å². The van der Waals surface area contributed by atoms with E-state index in [0.717, 1.165) is 0 Å².